The Morgan fingerprint density at radius 1 is 1.17 bits per heavy atom. The number of ether oxygens (including phenoxy) is 2. The molecule has 2 atom stereocenters. The Labute approximate surface area is 136 Å². The second kappa shape index (κ2) is 5.92. The summed E-state index contributed by atoms with van der Waals surface area (Å²) >= 11 is 0. The van der Waals surface area contributed by atoms with E-state index in [2.05, 4.69) is 22.6 Å². The van der Waals surface area contributed by atoms with E-state index in [0.29, 0.717) is 42.5 Å². The maximum absolute atomic E-state index is 12.3. The molecule has 2 N–H and O–H groups in total. The summed E-state index contributed by atoms with van der Waals surface area (Å²) in [6, 6.07) is 6.86. The van der Waals surface area contributed by atoms with Crippen LogP contribution in [0.25, 0.3) is 0 Å². The topological polar surface area (TPSA) is 62.8 Å². The Morgan fingerprint density at radius 2 is 1.91 bits per heavy atom. The molecule has 2 unspecified atom stereocenters. The number of nitrogens with zero attached hydrogens (tertiary/aromatic N) is 1. The minimum absolute atomic E-state index is 0.165. The van der Waals surface area contributed by atoms with Gasteiger partial charge in [0.15, 0.2) is 11.5 Å². The molecule has 2 amide bonds. The number of piperidine rings is 1. The van der Waals surface area contributed by atoms with E-state index < -0.39 is 0 Å². The molecule has 1 aromatic rings. The predicted octanol–water partition coefficient (Wildman–Crippen LogP) is 2.20. The Hall–Kier alpha value is -1.95. The summed E-state index contributed by atoms with van der Waals surface area (Å²) in [6.07, 6.45) is 4.57. The molecule has 0 spiro atoms. The molecule has 6 nitrogen and oxygen atoms in total. The lowest BCUT2D eigenvalue weighted by atomic mass is 9.98. The average Bonchev–Trinajstić information content (AvgIpc) is 2.77. The number of hydrogen-bond donors (Lipinski definition) is 2. The van der Waals surface area contributed by atoms with Crippen molar-refractivity contribution in [3.05, 3.63) is 18.2 Å². The molecule has 2 fully saturated rings. The molecule has 3 aliphatic rings. The van der Waals surface area contributed by atoms with Crippen LogP contribution in [0.3, 0.4) is 0 Å². The molecule has 1 aromatic carbocycles. The summed E-state index contributed by atoms with van der Waals surface area (Å²) in [5, 5.41) is 6.03. The fraction of sp³-hybridized carbons (Fsp3) is 0.588. The van der Waals surface area contributed by atoms with Crippen LogP contribution in [-0.4, -0.2) is 49.3 Å². The van der Waals surface area contributed by atoms with Crippen molar-refractivity contribution >= 4 is 11.7 Å². The van der Waals surface area contributed by atoms with Gasteiger partial charge in [-0.05, 0) is 44.9 Å². The van der Waals surface area contributed by atoms with Crippen molar-refractivity contribution in [2.75, 3.05) is 25.6 Å². The normalized spacial score (nSPS) is 29.2. The monoisotopic (exact) mass is 317 g/mol. The van der Waals surface area contributed by atoms with E-state index in [1.165, 1.54) is 12.8 Å². The number of nitrogens with one attached hydrogen (secondary N) is 2. The second-order valence-electron chi connectivity index (χ2n) is 6.65. The number of carbonyl (C=O) groups excluding carboxylic acids is 1. The van der Waals surface area contributed by atoms with Crippen LogP contribution in [-0.2, 0) is 0 Å². The SMILES string of the molecule is CN1C2CCC1CC(NC(=O)Nc1cccc3c1OCCO3)C2. The zero-order valence-corrected chi connectivity index (χ0v) is 13.4. The minimum Gasteiger partial charge on any atom is -0.486 e. The molecule has 6 heteroatoms. The third-order valence-electron chi connectivity index (χ3n) is 5.25. The fourth-order valence-electron chi connectivity index (χ4n) is 4.05. The van der Waals surface area contributed by atoms with Crippen molar-refractivity contribution in [2.45, 2.75) is 43.8 Å². The summed E-state index contributed by atoms with van der Waals surface area (Å²) in [5.74, 6) is 1.31. The maximum atomic E-state index is 12.3. The molecule has 0 saturated carbocycles. The van der Waals surface area contributed by atoms with Crippen LogP contribution in [0.5, 0.6) is 11.5 Å². The van der Waals surface area contributed by atoms with E-state index in [-0.39, 0.29) is 12.1 Å². The molecule has 3 heterocycles. The molecule has 2 bridgehead atoms. The van der Waals surface area contributed by atoms with Crippen molar-refractivity contribution < 1.29 is 14.3 Å². The van der Waals surface area contributed by atoms with Gasteiger partial charge in [-0.2, -0.15) is 0 Å². The van der Waals surface area contributed by atoms with Crippen LogP contribution in [0.15, 0.2) is 18.2 Å². The highest BCUT2D eigenvalue weighted by Gasteiger charge is 2.38. The second-order valence-corrected chi connectivity index (χ2v) is 6.65. The summed E-state index contributed by atoms with van der Waals surface area (Å²) in [6.45, 7) is 1.05. The molecular weight excluding hydrogens is 294 g/mol. The van der Waals surface area contributed by atoms with Crippen molar-refractivity contribution in [3.63, 3.8) is 0 Å². The van der Waals surface area contributed by atoms with E-state index in [1.807, 2.05) is 18.2 Å². The zero-order valence-electron chi connectivity index (χ0n) is 13.4. The van der Waals surface area contributed by atoms with Crippen LogP contribution in [0.1, 0.15) is 25.7 Å². The predicted molar refractivity (Wildman–Crippen MR) is 87.2 cm³/mol. The van der Waals surface area contributed by atoms with Crippen LogP contribution in [0, 0.1) is 0 Å². The lowest BCUT2D eigenvalue weighted by molar-refractivity contribution is 0.151. The summed E-state index contributed by atoms with van der Waals surface area (Å²) in [5.41, 5.74) is 0.663. The van der Waals surface area contributed by atoms with Crippen molar-refractivity contribution in [2.24, 2.45) is 0 Å². The summed E-state index contributed by atoms with van der Waals surface area (Å²) in [7, 11) is 2.20. The number of rotatable bonds is 2. The van der Waals surface area contributed by atoms with Crippen LogP contribution < -0.4 is 20.1 Å². The van der Waals surface area contributed by atoms with Gasteiger partial charge in [0.25, 0.3) is 0 Å². The third-order valence-corrected chi connectivity index (χ3v) is 5.25. The van der Waals surface area contributed by atoms with Gasteiger partial charge in [-0.1, -0.05) is 6.07 Å². The Kier molecular flexibility index (Phi) is 3.77. The maximum Gasteiger partial charge on any atom is 0.319 e. The number of amides is 2. The van der Waals surface area contributed by atoms with E-state index >= 15 is 0 Å². The van der Waals surface area contributed by atoms with Gasteiger partial charge in [0.2, 0.25) is 0 Å². The van der Waals surface area contributed by atoms with Crippen molar-refractivity contribution in [1.29, 1.82) is 0 Å². The van der Waals surface area contributed by atoms with E-state index in [0.717, 1.165) is 12.8 Å². The average molecular weight is 317 g/mol. The van der Waals surface area contributed by atoms with Gasteiger partial charge in [-0.25, -0.2) is 4.79 Å². The summed E-state index contributed by atoms with van der Waals surface area (Å²) in [4.78, 5) is 14.8. The smallest absolute Gasteiger partial charge is 0.319 e. The number of carbonyl (C=O) groups is 1. The molecule has 4 rings (SSSR count). The molecule has 23 heavy (non-hydrogen) atoms. The first-order valence-corrected chi connectivity index (χ1v) is 8.39. The van der Waals surface area contributed by atoms with E-state index in [4.69, 9.17) is 9.47 Å². The Bertz CT molecular complexity index is 593. The van der Waals surface area contributed by atoms with Crippen LogP contribution >= 0.6 is 0 Å². The number of benzene rings is 1. The van der Waals surface area contributed by atoms with Gasteiger partial charge in [0, 0.05) is 18.1 Å². The quantitative estimate of drug-likeness (QED) is 0.878. The minimum atomic E-state index is -0.165. The van der Waals surface area contributed by atoms with Crippen molar-refractivity contribution in [3.8, 4) is 11.5 Å². The van der Waals surface area contributed by atoms with Gasteiger partial charge in [-0.3, -0.25) is 0 Å². The molecule has 0 aliphatic carbocycles. The van der Waals surface area contributed by atoms with Crippen molar-refractivity contribution in [1.82, 2.24) is 10.2 Å². The zero-order chi connectivity index (χ0) is 15.8. The first-order valence-electron chi connectivity index (χ1n) is 8.39. The van der Waals surface area contributed by atoms with Gasteiger partial charge in [-0.15, -0.1) is 0 Å². The Balaban J connectivity index is 1.39. The number of anilines is 1. The highest BCUT2D eigenvalue weighted by Crippen LogP contribution is 2.37. The first-order chi connectivity index (χ1) is 11.2. The molecule has 0 aromatic heterocycles. The third kappa shape index (κ3) is 2.83. The highest BCUT2D eigenvalue weighted by atomic mass is 16.6. The lowest BCUT2D eigenvalue weighted by Gasteiger charge is -2.36. The lowest BCUT2D eigenvalue weighted by Crippen LogP contribution is -2.49. The molecule has 124 valence electrons. The molecular formula is C17H23N3O3. The number of hydrogen-bond acceptors (Lipinski definition) is 4. The van der Waals surface area contributed by atoms with Crippen LogP contribution in [0.4, 0.5) is 10.5 Å². The van der Waals surface area contributed by atoms with Gasteiger partial charge >= 0.3 is 6.03 Å². The standard InChI is InChI=1S/C17H23N3O3/c1-20-12-5-6-13(20)10-11(9-12)18-17(21)19-14-3-2-4-15-16(14)23-8-7-22-15/h2-4,11-13H,5-10H2,1H3,(H2,18,19,21). The summed E-state index contributed by atoms with van der Waals surface area (Å²) < 4.78 is 11.2. The number of fused-ring (bicyclic) bond motifs is 3. The van der Waals surface area contributed by atoms with Gasteiger partial charge in [0.1, 0.15) is 13.2 Å². The number of para-hydroxylation sites is 1. The molecule has 0 radical (unpaired) electrons. The van der Waals surface area contributed by atoms with Crippen LogP contribution in [0.2, 0.25) is 0 Å². The van der Waals surface area contributed by atoms with E-state index in [9.17, 15) is 4.79 Å². The van der Waals surface area contributed by atoms with E-state index in [1.54, 1.807) is 0 Å². The first kappa shape index (κ1) is 14.6. The molecule has 2 saturated heterocycles. The fourth-order valence-corrected chi connectivity index (χ4v) is 4.05. The Morgan fingerprint density at radius 3 is 2.70 bits per heavy atom. The molecule has 3 aliphatic heterocycles. The largest absolute Gasteiger partial charge is 0.486 e. The highest BCUT2D eigenvalue weighted by molar-refractivity contribution is 5.91. The van der Waals surface area contributed by atoms with Gasteiger partial charge in [0.05, 0.1) is 5.69 Å². The van der Waals surface area contributed by atoms with Gasteiger partial charge < -0.3 is 25.0 Å². The number of urea groups is 1.